The maximum Gasteiger partial charge on any atom is 0.267 e. The molecular weight excluding hydrogens is 286 g/mol. The molecule has 0 aliphatic carbocycles. The first-order valence-electron chi connectivity index (χ1n) is 6.35. The molecule has 0 unspecified atom stereocenters. The van der Waals surface area contributed by atoms with E-state index in [2.05, 4.69) is 6.58 Å². The quantitative estimate of drug-likeness (QED) is 0.798. The highest BCUT2D eigenvalue weighted by molar-refractivity contribution is 7.89. The van der Waals surface area contributed by atoms with Crippen molar-refractivity contribution in [1.82, 2.24) is 4.31 Å². The van der Waals surface area contributed by atoms with Crippen molar-refractivity contribution >= 4 is 15.9 Å². The van der Waals surface area contributed by atoms with Gasteiger partial charge in [0.05, 0.1) is 11.4 Å². The van der Waals surface area contributed by atoms with Crippen molar-refractivity contribution in [2.45, 2.75) is 4.90 Å². The lowest BCUT2D eigenvalue weighted by Crippen LogP contribution is -2.37. The second kappa shape index (κ2) is 6.37. The fourth-order valence-electron chi connectivity index (χ4n) is 1.85. The topological polar surface area (TPSA) is 54.5 Å². The van der Waals surface area contributed by atoms with Crippen molar-refractivity contribution in [2.75, 3.05) is 6.54 Å². The van der Waals surface area contributed by atoms with Crippen LogP contribution in [0.1, 0.15) is 10.4 Å². The number of sulfonamides is 1. The SMILES string of the molecule is C=CCN(C(=O)c1ccccc1)S(=O)(=O)c1ccccc1. The largest absolute Gasteiger partial charge is 0.268 e. The Morgan fingerprint density at radius 2 is 1.52 bits per heavy atom. The van der Waals surface area contributed by atoms with E-state index >= 15 is 0 Å². The fraction of sp³-hybridized carbons (Fsp3) is 0.0625. The molecule has 0 aromatic heterocycles. The predicted molar refractivity (Wildman–Crippen MR) is 81.3 cm³/mol. The summed E-state index contributed by atoms with van der Waals surface area (Å²) in [6, 6.07) is 16.2. The van der Waals surface area contributed by atoms with Gasteiger partial charge in [-0.2, -0.15) is 0 Å². The molecule has 0 fully saturated rings. The number of hydrogen-bond donors (Lipinski definition) is 0. The van der Waals surface area contributed by atoms with E-state index in [4.69, 9.17) is 0 Å². The van der Waals surface area contributed by atoms with Gasteiger partial charge in [0.1, 0.15) is 0 Å². The van der Waals surface area contributed by atoms with E-state index in [1.807, 2.05) is 0 Å². The van der Waals surface area contributed by atoms with Crippen LogP contribution in [0.3, 0.4) is 0 Å². The van der Waals surface area contributed by atoms with E-state index < -0.39 is 15.9 Å². The van der Waals surface area contributed by atoms with Gasteiger partial charge in [0.15, 0.2) is 0 Å². The first-order valence-corrected chi connectivity index (χ1v) is 7.79. The Labute approximate surface area is 124 Å². The second-order valence-corrected chi connectivity index (χ2v) is 6.17. The second-order valence-electron chi connectivity index (χ2n) is 4.31. The van der Waals surface area contributed by atoms with E-state index in [0.717, 1.165) is 4.31 Å². The Balaban J connectivity index is 2.44. The van der Waals surface area contributed by atoms with E-state index in [1.54, 1.807) is 48.5 Å². The fourth-order valence-corrected chi connectivity index (χ4v) is 3.23. The molecule has 0 spiro atoms. The molecule has 108 valence electrons. The summed E-state index contributed by atoms with van der Waals surface area (Å²) in [7, 11) is -3.90. The molecule has 0 atom stereocenters. The van der Waals surface area contributed by atoms with Crippen molar-refractivity contribution in [2.24, 2.45) is 0 Å². The van der Waals surface area contributed by atoms with Gasteiger partial charge in [0.2, 0.25) is 0 Å². The molecule has 21 heavy (non-hydrogen) atoms. The van der Waals surface area contributed by atoms with Crippen LogP contribution < -0.4 is 0 Å². The van der Waals surface area contributed by atoms with Crippen LogP contribution in [0.4, 0.5) is 0 Å². The third-order valence-corrected chi connectivity index (χ3v) is 4.64. The number of hydrogen-bond acceptors (Lipinski definition) is 3. The van der Waals surface area contributed by atoms with E-state index in [1.165, 1.54) is 18.2 Å². The van der Waals surface area contributed by atoms with Crippen LogP contribution >= 0.6 is 0 Å². The highest BCUT2D eigenvalue weighted by Gasteiger charge is 2.28. The van der Waals surface area contributed by atoms with Gasteiger partial charge in [0.25, 0.3) is 15.9 Å². The molecule has 0 heterocycles. The summed E-state index contributed by atoms with van der Waals surface area (Å²) in [6.45, 7) is 3.45. The minimum Gasteiger partial charge on any atom is -0.268 e. The third-order valence-electron chi connectivity index (χ3n) is 2.87. The lowest BCUT2D eigenvalue weighted by Gasteiger charge is -2.21. The number of carbonyl (C=O) groups excluding carboxylic acids is 1. The average Bonchev–Trinajstić information content (AvgIpc) is 2.53. The van der Waals surface area contributed by atoms with Crippen molar-refractivity contribution in [3.05, 3.63) is 78.9 Å². The Bertz CT molecular complexity index is 725. The number of carbonyl (C=O) groups is 1. The zero-order chi connectivity index (χ0) is 15.3. The Kier molecular flexibility index (Phi) is 4.55. The van der Waals surface area contributed by atoms with Crippen molar-refractivity contribution < 1.29 is 13.2 Å². The van der Waals surface area contributed by atoms with Gasteiger partial charge in [-0.15, -0.1) is 6.58 Å². The number of benzene rings is 2. The smallest absolute Gasteiger partial charge is 0.267 e. The lowest BCUT2D eigenvalue weighted by molar-refractivity contribution is 0.0871. The molecule has 2 aromatic rings. The summed E-state index contributed by atoms with van der Waals surface area (Å²) >= 11 is 0. The summed E-state index contributed by atoms with van der Waals surface area (Å²) in [5.74, 6) is -0.570. The number of rotatable bonds is 5. The van der Waals surface area contributed by atoms with Gasteiger partial charge < -0.3 is 0 Å². The standard InChI is InChI=1S/C16H15NO3S/c1-2-13-17(16(18)14-9-5-3-6-10-14)21(19,20)15-11-7-4-8-12-15/h2-12H,1,13H2. The zero-order valence-electron chi connectivity index (χ0n) is 11.3. The molecule has 2 aromatic carbocycles. The minimum absolute atomic E-state index is 0.0784. The van der Waals surface area contributed by atoms with Crippen LogP contribution in [0.15, 0.2) is 78.2 Å². The minimum atomic E-state index is -3.90. The molecule has 0 bridgehead atoms. The molecule has 0 aliphatic rings. The number of amides is 1. The van der Waals surface area contributed by atoms with E-state index in [-0.39, 0.29) is 11.4 Å². The van der Waals surface area contributed by atoms with Crippen LogP contribution in [0.2, 0.25) is 0 Å². The maximum absolute atomic E-state index is 12.6. The van der Waals surface area contributed by atoms with Crippen molar-refractivity contribution in [3.63, 3.8) is 0 Å². The van der Waals surface area contributed by atoms with Crippen LogP contribution in [-0.2, 0) is 10.0 Å². The van der Waals surface area contributed by atoms with Crippen molar-refractivity contribution in [3.8, 4) is 0 Å². The molecule has 2 rings (SSSR count). The first kappa shape index (κ1) is 15.0. The van der Waals surface area contributed by atoms with E-state index in [9.17, 15) is 13.2 Å². The molecule has 0 saturated carbocycles. The van der Waals surface area contributed by atoms with Gasteiger partial charge >= 0.3 is 0 Å². The van der Waals surface area contributed by atoms with Crippen LogP contribution in [0.25, 0.3) is 0 Å². The Morgan fingerprint density at radius 1 is 1.00 bits per heavy atom. The highest BCUT2D eigenvalue weighted by atomic mass is 32.2. The van der Waals surface area contributed by atoms with Crippen LogP contribution in [-0.4, -0.2) is 25.2 Å². The molecule has 0 saturated heterocycles. The van der Waals surface area contributed by atoms with Crippen LogP contribution in [0.5, 0.6) is 0 Å². The molecule has 4 nitrogen and oxygen atoms in total. The number of nitrogens with zero attached hydrogens (tertiary/aromatic N) is 1. The average molecular weight is 301 g/mol. The summed E-state index contributed by atoms with van der Waals surface area (Å²) in [6.07, 6.45) is 1.39. The highest BCUT2D eigenvalue weighted by Crippen LogP contribution is 2.18. The van der Waals surface area contributed by atoms with Crippen LogP contribution in [0, 0.1) is 0 Å². The molecule has 0 N–H and O–H groups in total. The van der Waals surface area contributed by atoms with E-state index in [0.29, 0.717) is 5.56 Å². The molecule has 0 aliphatic heterocycles. The van der Waals surface area contributed by atoms with Gasteiger partial charge in [0, 0.05) is 5.56 Å². The summed E-state index contributed by atoms with van der Waals surface area (Å²) < 4.78 is 26.0. The molecular formula is C16H15NO3S. The maximum atomic E-state index is 12.6. The molecule has 5 heteroatoms. The van der Waals surface area contributed by atoms with Gasteiger partial charge in [-0.3, -0.25) is 4.79 Å². The molecule has 1 amide bonds. The Morgan fingerprint density at radius 3 is 2.05 bits per heavy atom. The Hall–Kier alpha value is -2.40. The van der Waals surface area contributed by atoms with Gasteiger partial charge in [-0.25, -0.2) is 12.7 Å². The monoisotopic (exact) mass is 301 g/mol. The summed E-state index contributed by atoms with van der Waals surface area (Å²) in [5, 5.41) is 0. The normalized spacial score (nSPS) is 10.9. The summed E-state index contributed by atoms with van der Waals surface area (Å²) in [5.41, 5.74) is 0.318. The summed E-state index contributed by atoms with van der Waals surface area (Å²) in [4.78, 5) is 12.5. The zero-order valence-corrected chi connectivity index (χ0v) is 12.2. The van der Waals surface area contributed by atoms with Crippen molar-refractivity contribution in [1.29, 1.82) is 0 Å². The third kappa shape index (κ3) is 3.20. The molecule has 0 radical (unpaired) electrons. The lowest BCUT2D eigenvalue weighted by atomic mass is 10.2. The van der Waals surface area contributed by atoms with Gasteiger partial charge in [-0.05, 0) is 24.3 Å². The predicted octanol–water partition coefficient (Wildman–Crippen LogP) is 2.70. The first-order chi connectivity index (χ1) is 10.1. The van der Waals surface area contributed by atoms with Gasteiger partial charge in [-0.1, -0.05) is 42.5 Å².